The van der Waals surface area contributed by atoms with Gasteiger partial charge in [-0.3, -0.25) is 9.78 Å². The molecule has 0 bridgehead atoms. The fraction of sp³-hybridized carbons (Fsp3) is 0.261. The van der Waals surface area contributed by atoms with Crippen LogP contribution in [0.3, 0.4) is 0 Å². The fourth-order valence-electron chi connectivity index (χ4n) is 3.68. The Hall–Kier alpha value is -3.14. The number of halogens is 3. The first-order valence-electron chi connectivity index (χ1n) is 10.8. The SMILES string of the molecule is O=C(Nc1c(Cl)cncc1Cl)c1ccc(CC(Nc2nc(Cl)cc(N3CCCC3)n2)C(=O)O)cc1. The normalized spacial score (nSPS) is 14.0. The summed E-state index contributed by atoms with van der Waals surface area (Å²) in [5, 5.41) is 15.9. The highest BCUT2D eigenvalue weighted by atomic mass is 35.5. The third kappa shape index (κ3) is 6.30. The number of aliphatic carboxylic acids is 1. The first-order chi connectivity index (χ1) is 16.8. The van der Waals surface area contributed by atoms with Crippen LogP contribution in [0.15, 0.2) is 42.7 Å². The first-order valence-corrected chi connectivity index (χ1v) is 11.9. The van der Waals surface area contributed by atoms with Gasteiger partial charge in [0.15, 0.2) is 0 Å². The van der Waals surface area contributed by atoms with Crippen molar-refractivity contribution in [1.82, 2.24) is 15.0 Å². The van der Waals surface area contributed by atoms with E-state index in [9.17, 15) is 14.7 Å². The third-order valence-corrected chi connectivity index (χ3v) is 6.23. The Morgan fingerprint density at radius 2 is 1.69 bits per heavy atom. The van der Waals surface area contributed by atoms with E-state index in [1.807, 2.05) is 0 Å². The van der Waals surface area contributed by atoms with E-state index in [1.54, 1.807) is 30.3 Å². The van der Waals surface area contributed by atoms with Crippen molar-refractivity contribution in [3.05, 3.63) is 69.1 Å². The standard InChI is InChI=1S/C23H21Cl3N6O3/c24-15-11-27-12-16(25)20(15)31-21(33)14-5-3-13(4-6-14)9-17(22(34)35)28-23-29-18(26)10-19(30-23)32-7-1-2-8-32/h3-6,10-12,17H,1-2,7-9H2,(H,34,35)(H,27,31,33)(H,28,29,30). The number of carboxylic acids is 1. The molecule has 3 aromatic rings. The van der Waals surface area contributed by atoms with Crippen molar-refractivity contribution in [3.8, 4) is 0 Å². The second-order valence-corrected chi connectivity index (χ2v) is 9.14. The number of hydrogen-bond acceptors (Lipinski definition) is 7. The Balaban J connectivity index is 1.44. The molecule has 1 aromatic carbocycles. The number of nitrogens with zero attached hydrogens (tertiary/aromatic N) is 4. The van der Waals surface area contributed by atoms with E-state index in [4.69, 9.17) is 34.8 Å². The maximum absolute atomic E-state index is 12.6. The van der Waals surface area contributed by atoms with Gasteiger partial charge in [-0.2, -0.15) is 4.98 Å². The molecule has 1 unspecified atom stereocenters. The molecule has 4 rings (SSSR count). The number of hydrogen-bond donors (Lipinski definition) is 3. The molecule has 1 atom stereocenters. The van der Waals surface area contributed by atoms with Crippen LogP contribution < -0.4 is 15.5 Å². The second-order valence-electron chi connectivity index (χ2n) is 7.94. The Bertz CT molecular complexity index is 1220. The van der Waals surface area contributed by atoms with E-state index in [-0.39, 0.29) is 33.3 Å². The molecular formula is C23H21Cl3N6O3. The van der Waals surface area contributed by atoms with Crippen LogP contribution in [0, 0.1) is 0 Å². The number of anilines is 3. The number of carbonyl (C=O) groups is 2. The van der Waals surface area contributed by atoms with Crippen LogP contribution >= 0.6 is 34.8 Å². The summed E-state index contributed by atoms with van der Waals surface area (Å²) in [5.41, 5.74) is 1.32. The van der Waals surface area contributed by atoms with Crippen LogP contribution in [-0.2, 0) is 11.2 Å². The van der Waals surface area contributed by atoms with E-state index in [2.05, 4.69) is 30.5 Å². The minimum atomic E-state index is -1.07. The van der Waals surface area contributed by atoms with Crippen molar-refractivity contribution >= 4 is 64.1 Å². The molecule has 0 saturated carbocycles. The topological polar surface area (TPSA) is 120 Å². The molecule has 3 N–H and O–H groups in total. The lowest BCUT2D eigenvalue weighted by Crippen LogP contribution is -2.32. The van der Waals surface area contributed by atoms with Gasteiger partial charge in [-0.1, -0.05) is 46.9 Å². The summed E-state index contributed by atoms with van der Waals surface area (Å²) in [7, 11) is 0. The van der Waals surface area contributed by atoms with Gasteiger partial charge in [-0.05, 0) is 30.5 Å². The Morgan fingerprint density at radius 1 is 1.03 bits per heavy atom. The Labute approximate surface area is 216 Å². The van der Waals surface area contributed by atoms with Crippen LogP contribution in [0.4, 0.5) is 17.5 Å². The zero-order valence-corrected chi connectivity index (χ0v) is 20.6. The summed E-state index contributed by atoms with van der Waals surface area (Å²) in [4.78, 5) is 39.0. The molecule has 3 heterocycles. The summed E-state index contributed by atoms with van der Waals surface area (Å²) in [6.07, 6.45) is 5.03. The lowest BCUT2D eigenvalue weighted by molar-refractivity contribution is -0.137. The molecule has 35 heavy (non-hydrogen) atoms. The second kappa shape index (κ2) is 11.1. The highest BCUT2D eigenvalue weighted by molar-refractivity contribution is 6.39. The average Bonchev–Trinajstić information content (AvgIpc) is 3.36. The van der Waals surface area contributed by atoms with Gasteiger partial charge in [0, 0.05) is 43.5 Å². The van der Waals surface area contributed by atoms with Crippen molar-refractivity contribution in [1.29, 1.82) is 0 Å². The molecule has 1 aliphatic rings. The minimum Gasteiger partial charge on any atom is -0.480 e. The fourth-order valence-corrected chi connectivity index (χ4v) is 4.32. The van der Waals surface area contributed by atoms with Crippen molar-refractivity contribution in [2.75, 3.05) is 28.6 Å². The van der Waals surface area contributed by atoms with Crippen LogP contribution in [0.2, 0.25) is 15.2 Å². The maximum Gasteiger partial charge on any atom is 0.326 e. The molecule has 182 valence electrons. The Kier molecular flexibility index (Phi) is 7.90. The molecule has 9 nitrogen and oxygen atoms in total. The summed E-state index contributed by atoms with van der Waals surface area (Å²) in [6, 6.07) is 7.20. The van der Waals surface area contributed by atoms with E-state index in [0.29, 0.717) is 16.9 Å². The van der Waals surface area contributed by atoms with Crippen LogP contribution in [0.25, 0.3) is 0 Å². The molecule has 1 aliphatic heterocycles. The van der Waals surface area contributed by atoms with Gasteiger partial charge in [0.05, 0.1) is 15.7 Å². The van der Waals surface area contributed by atoms with Crippen molar-refractivity contribution in [3.63, 3.8) is 0 Å². The number of benzene rings is 1. The van der Waals surface area contributed by atoms with E-state index < -0.39 is 17.9 Å². The van der Waals surface area contributed by atoms with Crippen LogP contribution in [-0.4, -0.2) is 51.1 Å². The number of nitrogens with one attached hydrogen (secondary N) is 2. The smallest absolute Gasteiger partial charge is 0.326 e. The molecule has 0 radical (unpaired) electrons. The molecule has 1 fully saturated rings. The van der Waals surface area contributed by atoms with Gasteiger partial charge in [0.1, 0.15) is 17.0 Å². The predicted molar refractivity (Wildman–Crippen MR) is 136 cm³/mol. The molecule has 1 saturated heterocycles. The molecule has 2 aromatic heterocycles. The number of pyridine rings is 1. The van der Waals surface area contributed by atoms with Crippen molar-refractivity contribution in [2.45, 2.75) is 25.3 Å². The summed E-state index contributed by atoms with van der Waals surface area (Å²) in [5.74, 6) is -0.672. The molecule has 12 heteroatoms. The summed E-state index contributed by atoms with van der Waals surface area (Å²) < 4.78 is 0. The van der Waals surface area contributed by atoms with E-state index >= 15 is 0 Å². The highest BCUT2D eigenvalue weighted by Crippen LogP contribution is 2.29. The minimum absolute atomic E-state index is 0.133. The monoisotopic (exact) mass is 534 g/mol. The predicted octanol–water partition coefficient (Wildman–Crippen LogP) is 4.79. The van der Waals surface area contributed by atoms with E-state index in [0.717, 1.165) is 25.9 Å². The van der Waals surface area contributed by atoms with Gasteiger partial charge in [-0.25, -0.2) is 9.78 Å². The van der Waals surface area contributed by atoms with Gasteiger partial charge < -0.3 is 20.6 Å². The zero-order chi connectivity index (χ0) is 24.9. The molecular weight excluding hydrogens is 515 g/mol. The summed E-state index contributed by atoms with van der Waals surface area (Å²) >= 11 is 18.3. The average molecular weight is 536 g/mol. The largest absolute Gasteiger partial charge is 0.480 e. The van der Waals surface area contributed by atoms with Crippen molar-refractivity contribution < 1.29 is 14.7 Å². The van der Waals surface area contributed by atoms with Gasteiger partial charge in [-0.15, -0.1) is 0 Å². The number of carboxylic acid groups (broad SMARTS) is 1. The molecule has 0 spiro atoms. The van der Waals surface area contributed by atoms with E-state index in [1.165, 1.54) is 12.4 Å². The maximum atomic E-state index is 12.6. The number of aromatic nitrogens is 3. The number of rotatable bonds is 8. The Morgan fingerprint density at radius 3 is 2.31 bits per heavy atom. The van der Waals surface area contributed by atoms with Crippen LogP contribution in [0.5, 0.6) is 0 Å². The highest BCUT2D eigenvalue weighted by Gasteiger charge is 2.22. The quantitative estimate of drug-likeness (QED) is 0.352. The van der Waals surface area contributed by atoms with Gasteiger partial charge >= 0.3 is 5.97 Å². The zero-order valence-electron chi connectivity index (χ0n) is 18.3. The lowest BCUT2D eigenvalue weighted by Gasteiger charge is -2.19. The number of carbonyl (C=O) groups excluding carboxylic acids is 1. The van der Waals surface area contributed by atoms with Gasteiger partial charge in [0.25, 0.3) is 5.91 Å². The lowest BCUT2D eigenvalue weighted by atomic mass is 10.0. The number of amides is 1. The van der Waals surface area contributed by atoms with Gasteiger partial charge in [0.2, 0.25) is 5.95 Å². The van der Waals surface area contributed by atoms with Crippen molar-refractivity contribution in [2.24, 2.45) is 0 Å². The third-order valence-electron chi connectivity index (χ3n) is 5.46. The molecule has 0 aliphatic carbocycles. The molecule has 1 amide bonds. The summed E-state index contributed by atoms with van der Waals surface area (Å²) in [6.45, 7) is 1.74. The van der Waals surface area contributed by atoms with Crippen LogP contribution in [0.1, 0.15) is 28.8 Å². The first kappa shape index (κ1) is 25.0.